The van der Waals surface area contributed by atoms with Crippen LogP contribution in [0.1, 0.15) is 13.3 Å². The van der Waals surface area contributed by atoms with E-state index in [0.717, 1.165) is 0 Å². The van der Waals surface area contributed by atoms with E-state index in [9.17, 15) is 4.79 Å². The van der Waals surface area contributed by atoms with Crippen molar-refractivity contribution >= 4 is 14.5 Å². The first kappa shape index (κ1) is 15.1. The number of hydrogen-bond acceptors (Lipinski definition) is 4. The summed E-state index contributed by atoms with van der Waals surface area (Å²) in [5.41, 5.74) is 2.14. The van der Waals surface area contributed by atoms with Gasteiger partial charge in [-0.3, -0.25) is 0 Å². The van der Waals surface area contributed by atoms with E-state index in [-0.39, 0.29) is 5.97 Å². The Morgan fingerprint density at radius 3 is 2.31 bits per heavy atom. The second-order valence-corrected chi connectivity index (χ2v) is 6.79. The fourth-order valence-electron chi connectivity index (χ4n) is 1.16. The summed E-state index contributed by atoms with van der Waals surface area (Å²) in [5, 5.41) is 0. The Kier molecular flexibility index (Phi) is 6.95. The zero-order valence-electron chi connectivity index (χ0n) is 10.2. The quantitative estimate of drug-likeness (QED) is 0.283. The maximum absolute atomic E-state index is 11.1. The maximum Gasteiger partial charge on any atom is 0.364 e. The fourth-order valence-corrected chi connectivity index (χ4v) is 2.91. The van der Waals surface area contributed by atoms with Crippen molar-refractivity contribution < 1.29 is 18.4 Å². The molecule has 0 radical (unpaired) electrons. The minimum Gasteiger partial charge on any atom is -0.462 e. The monoisotopic (exact) mass is 244 g/mol. The summed E-state index contributed by atoms with van der Waals surface area (Å²) in [4.78, 5) is 11.1. The summed E-state index contributed by atoms with van der Waals surface area (Å²) in [6.45, 7) is 9.18. The third kappa shape index (κ3) is 4.74. The summed E-state index contributed by atoms with van der Waals surface area (Å²) in [7, 11) is 0.950. The summed E-state index contributed by atoms with van der Waals surface area (Å²) in [5.74, 6) is -0.360. The van der Waals surface area contributed by atoms with Crippen molar-refractivity contribution in [3.05, 3.63) is 24.4 Å². The van der Waals surface area contributed by atoms with Crippen LogP contribution in [0.2, 0.25) is 6.04 Å². The van der Waals surface area contributed by atoms with E-state index in [0.29, 0.717) is 24.6 Å². The highest BCUT2D eigenvalue weighted by Crippen LogP contribution is 2.15. The van der Waals surface area contributed by atoms with E-state index >= 15 is 0 Å². The van der Waals surface area contributed by atoms with Gasteiger partial charge in [0.2, 0.25) is 0 Å². The van der Waals surface area contributed by atoms with Gasteiger partial charge in [-0.05, 0) is 25.1 Å². The molecule has 0 saturated heterocycles. The molecule has 16 heavy (non-hydrogen) atoms. The molecule has 0 N–H and O–H groups in total. The van der Waals surface area contributed by atoms with E-state index in [2.05, 4.69) is 13.2 Å². The van der Waals surface area contributed by atoms with Crippen LogP contribution >= 0.6 is 0 Å². The van der Waals surface area contributed by atoms with Crippen LogP contribution in [0.25, 0.3) is 0 Å². The minimum atomic E-state index is -2.27. The highest BCUT2D eigenvalue weighted by Gasteiger charge is 2.30. The average Bonchev–Trinajstić information content (AvgIpc) is 2.30. The molecule has 0 aliphatic heterocycles. The lowest BCUT2D eigenvalue weighted by molar-refractivity contribution is -0.138. The Morgan fingerprint density at radius 1 is 1.38 bits per heavy atom. The van der Waals surface area contributed by atoms with Gasteiger partial charge in [0.25, 0.3) is 0 Å². The Balaban J connectivity index is 3.92. The van der Waals surface area contributed by atoms with Gasteiger partial charge in [0.15, 0.2) is 0 Å². The molecule has 0 heterocycles. The number of carbonyl (C=O) groups is 1. The van der Waals surface area contributed by atoms with E-state index in [1.807, 2.05) is 0 Å². The van der Waals surface area contributed by atoms with E-state index < -0.39 is 8.56 Å². The third-order valence-corrected chi connectivity index (χ3v) is 5.31. The van der Waals surface area contributed by atoms with Gasteiger partial charge in [-0.15, -0.1) is 6.58 Å². The molecule has 5 heteroatoms. The number of ether oxygens (including phenoxy) is 1. The van der Waals surface area contributed by atoms with Crippen molar-refractivity contribution in [1.29, 1.82) is 0 Å². The molecule has 0 aliphatic carbocycles. The van der Waals surface area contributed by atoms with Gasteiger partial charge in [0.1, 0.15) is 0 Å². The van der Waals surface area contributed by atoms with Gasteiger partial charge >= 0.3 is 14.5 Å². The van der Waals surface area contributed by atoms with Crippen LogP contribution in [0.5, 0.6) is 0 Å². The molecule has 0 aromatic carbocycles. The molecule has 0 aromatic heterocycles. The van der Waals surface area contributed by atoms with Crippen molar-refractivity contribution in [2.45, 2.75) is 19.4 Å². The normalized spacial score (nSPS) is 10.9. The number of hydrogen-bond donors (Lipinski definition) is 0. The van der Waals surface area contributed by atoms with Gasteiger partial charge in [-0.2, -0.15) is 0 Å². The molecule has 0 atom stereocenters. The first-order valence-electron chi connectivity index (χ1n) is 5.08. The zero-order chi connectivity index (χ0) is 12.6. The number of carbonyl (C=O) groups excluding carboxylic acids is 1. The average molecular weight is 244 g/mol. The molecule has 0 unspecified atom stereocenters. The van der Waals surface area contributed by atoms with E-state index in [1.165, 1.54) is 0 Å². The van der Waals surface area contributed by atoms with Crippen LogP contribution in [-0.2, 0) is 18.4 Å². The van der Waals surface area contributed by atoms with E-state index in [4.69, 9.17) is 13.6 Å². The largest absolute Gasteiger partial charge is 0.462 e. The molecular formula is C11H20O4Si. The van der Waals surface area contributed by atoms with Crippen LogP contribution in [-0.4, -0.2) is 35.4 Å². The van der Waals surface area contributed by atoms with Gasteiger partial charge in [0, 0.05) is 19.8 Å². The van der Waals surface area contributed by atoms with Gasteiger partial charge in [0.05, 0.1) is 6.61 Å². The van der Waals surface area contributed by atoms with Crippen LogP contribution in [0, 0.1) is 0 Å². The van der Waals surface area contributed by atoms with Crippen LogP contribution < -0.4 is 0 Å². The molecule has 0 aromatic rings. The molecule has 0 amide bonds. The Morgan fingerprint density at radius 2 is 1.94 bits per heavy atom. The summed E-state index contributed by atoms with van der Waals surface area (Å²) < 4.78 is 15.6. The molecule has 4 nitrogen and oxygen atoms in total. The lowest BCUT2D eigenvalue weighted by Crippen LogP contribution is -2.38. The zero-order valence-corrected chi connectivity index (χ0v) is 11.2. The molecule has 92 valence electrons. The van der Waals surface area contributed by atoms with Gasteiger partial charge < -0.3 is 13.6 Å². The Labute approximate surface area is 98.1 Å². The Hall–Kier alpha value is -0.913. The molecular weight excluding hydrogens is 224 g/mol. The summed E-state index contributed by atoms with van der Waals surface area (Å²) >= 11 is 0. The van der Waals surface area contributed by atoms with Crippen molar-refractivity contribution in [3.8, 4) is 0 Å². The predicted molar refractivity (Wildman–Crippen MR) is 65.2 cm³/mol. The molecule has 0 rings (SSSR count). The van der Waals surface area contributed by atoms with Crippen molar-refractivity contribution in [2.24, 2.45) is 0 Å². The first-order valence-corrected chi connectivity index (χ1v) is 7.18. The topological polar surface area (TPSA) is 44.8 Å². The summed E-state index contributed by atoms with van der Waals surface area (Å²) in [6.07, 6.45) is 0.693. The van der Waals surface area contributed by atoms with Gasteiger partial charge in [-0.25, -0.2) is 4.79 Å². The molecule has 0 bridgehead atoms. The second kappa shape index (κ2) is 7.37. The van der Waals surface area contributed by atoms with Crippen LogP contribution in [0.15, 0.2) is 24.4 Å². The van der Waals surface area contributed by atoms with Crippen molar-refractivity contribution in [2.75, 3.05) is 20.8 Å². The SMILES string of the molecule is C=C[Si](CCCOC(=O)C(=C)C)(OC)OC. The predicted octanol–water partition coefficient (Wildman–Crippen LogP) is 1.96. The smallest absolute Gasteiger partial charge is 0.364 e. The highest BCUT2D eigenvalue weighted by atomic mass is 28.4. The summed E-state index contributed by atoms with van der Waals surface area (Å²) in [6, 6.07) is 0.715. The third-order valence-electron chi connectivity index (χ3n) is 2.25. The van der Waals surface area contributed by atoms with Gasteiger partial charge in [-0.1, -0.05) is 6.58 Å². The van der Waals surface area contributed by atoms with Crippen LogP contribution in [0.3, 0.4) is 0 Å². The lowest BCUT2D eigenvalue weighted by atomic mass is 10.4. The maximum atomic E-state index is 11.1. The second-order valence-electron chi connectivity index (χ2n) is 3.44. The number of rotatable bonds is 8. The molecule has 0 aliphatic rings. The Bertz CT molecular complexity index is 259. The van der Waals surface area contributed by atoms with Crippen molar-refractivity contribution in [3.63, 3.8) is 0 Å². The standard InChI is InChI=1S/C11H20O4Si/c1-6-16(13-4,14-5)9-7-8-15-11(12)10(2)3/h6H,1-2,7-9H2,3-5H3. The van der Waals surface area contributed by atoms with E-state index in [1.54, 1.807) is 26.8 Å². The minimum absolute atomic E-state index is 0.348. The van der Waals surface area contributed by atoms with Crippen LogP contribution in [0.4, 0.5) is 0 Å². The highest BCUT2D eigenvalue weighted by molar-refractivity contribution is 6.72. The lowest BCUT2D eigenvalue weighted by Gasteiger charge is -2.23. The molecule has 0 spiro atoms. The molecule has 0 saturated carbocycles. The molecule has 0 fully saturated rings. The first-order chi connectivity index (χ1) is 7.51. The number of esters is 1. The fraction of sp³-hybridized carbons (Fsp3) is 0.545. The van der Waals surface area contributed by atoms with Crippen molar-refractivity contribution in [1.82, 2.24) is 0 Å².